The van der Waals surface area contributed by atoms with Gasteiger partial charge >= 0.3 is 5.97 Å². The lowest BCUT2D eigenvalue weighted by atomic mass is 10.1. The van der Waals surface area contributed by atoms with Gasteiger partial charge < -0.3 is 15.6 Å². The molecule has 0 saturated heterocycles. The molecular formula is C14H19NO3. The number of carbonyl (C=O) groups is 1. The molecule has 4 nitrogen and oxygen atoms in total. The molecule has 0 aliphatic heterocycles. The number of carboxylic acid groups (broad SMARTS) is 1. The van der Waals surface area contributed by atoms with Crippen LogP contribution in [-0.4, -0.2) is 23.2 Å². The van der Waals surface area contributed by atoms with Gasteiger partial charge in [0.2, 0.25) is 0 Å². The summed E-state index contributed by atoms with van der Waals surface area (Å²) in [5, 5.41) is 8.79. The van der Waals surface area contributed by atoms with E-state index in [0.717, 1.165) is 24.2 Å². The Morgan fingerprint density at radius 2 is 2.17 bits per heavy atom. The zero-order valence-corrected chi connectivity index (χ0v) is 10.3. The van der Waals surface area contributed by atoms with Gasteiger partial charge in [-0.2, -0.15) is 0 Å². The highest BCUT2D eigenvalue weighted by Crippen LogP contribution is 2.24. The van der Waals surface area contributed by atoms with Crippen LogP contribution in [0.15, 0.2) is 24.3 Å². The Morgan fingerprint density at radius 1 is 1.44 bits per heavy atom. The number of nitrogens with two attached hydrogens (primary N) is 1. The van der Waals surface area contributed by atoms with Gasteiger partial charge in [-0.3, -0.25) is 4.79 Å². The average molecular weight is 249 g/mol. The maximum Gasteiger partial charge on any atom is 0.320 e. The van der Waals surface area contributed by atoms with Crippen LogP contribution < -0.4 is 10.5 Å². The van der Waals surface area contributed by atoms with Crippen molar-refractivity contribution in [1.29, 1.82) is 0 Å². The average Bonchev–Trinajstić information content (AvgIpc) is 2.82. The summed E-state index contributed by atoms with van der Waals surface area (Å²) in [5.41, 5.74) is 6.42. The predicted molar refractivity (Wildman–Crippen MR) is 68.6 cm³/mol. The first-order chi connectivity index (χ1) is 8.65. The second-order valence-corrected chi connectivity index (χ2v) is 4.82. The van der Waals surface area contributed by atoms with Gasteiger partial charge in [0.05, 0.1) is 6.10 Å². The summed E-state index contributed by atoms with van der Waals surface area (Å²) in [6.07, 6.45) is 5.32. The fourth-order valence-electron chi connectivity index (χ4n) is 2.29. The van der Waals surface area contributed by atoms with Crippen molar-refractivity contribution in [3.05, 3.63) is 29.8 Å². The number of rotatable bonds is 5. The largest absolute Gasteiger partial charge is 0.490 e. The second kappa shape index (κ2) is 5.87. The van der Waals surface area contributed by atoms with Crippen molar-refractivity contribution in [3.63, 3.8) is 0 Å². The maximum absolute atomic E-state index is 10.7. The van der Waals surface area contributed by atoms with Crippen molar-refractivity contribution < 1.29 is 14.6 Å². The van der Waals surface area contributed by atoms with Crippen LogP contribution in [0.1, 0.15) is 31.2 Å². The molecule has 1 fully saturated rings. The van der Waals surface area contributed by atoms with Gasteiger partial charge in [-0.05, 0) is 49.8 Å². The molecule has 0 amide bonds. The molecule has 0 spiro atoms. The normalized spacial score (nSPS) is 17.6. The summed E-state index contributed by atoms with van der Waals surface area (Å²) in [6, 6.07) is 6.71. The minimum Gasteiger partial charge on any atom is -0.490 e. The molecular weight excluding hydrogens is 230 g/mol. The summed E-state index contributed by atoms with van der Waals surface area (Å²) in [4.78, 5) is 10.7. The summed E-state index contributed by atoms with van der Waals surface area (Å²) < 4.78 is 5.87. The third kappa shape index (κ3) is 3.47. The topological polar surface area (TPSA) is 72.5 Å². The van der Waals surface area contributed by atoms with Crippen molar-refractivity contribution in [3.8, 4) is 5.75 Å². The molecule has 0 aromatic heterocycles. The number of benzene rings is 1. The Labute approximate surface area is 107 Å². The van der Waals surface area contributed by atoms with Crippen LogP contribution in [0.5, 0.6) is 5.75 Å². The van der Waals surface area contributed by atoms with E-state index < -0.39 is 12.0 Å². The van der Waals surface area contributed by atoms with E-state index in [0.29, 0.717) is 12.5 Å². The van der Waals surface area contributed by atoms with Crippen LogP contribution in [0, 0.1) is 0 Å². The van der Waals surface area contributed by atoms with Crippen LogP contribution in [0.4, 0.5) is 0 Å². The first-order valence-corrected chi connectivity index (χ1v) is 6.39. The Morgan fingerprint density at radius 3 is 2.83 bits per heavy atom. The minimum absolute atomic E-state index is 0.313. The van der Waals surface area contributed by atoms with Gasteiger partial charge in [-0.25, -0.2) is 0 Å². The van der Waals surface area contributed by atoms with E-state index in [1.165, 1.54) is 12.8 Å². The number of aliphatic carboxylic acids is 1. The molecule has 1 aromatic carbocycles. The van der Waals surface area contributed by atoms with E-state index in [4.69, 9.17) is 15.6 Å². The smallest absolute Gasteiger partial charge is 0.320 e. The highest BCUT2D eigenvalue weighted by Gasteiger charge is 2.17. The molecule has 0 unspecified atom stereocenters. The van der Waals surface area contributed by atoms with Crippen molar-refractivity contribution in [2.75, 3.05) is 0 Å². The molecule has 1 aliphatic rings. The van der Waals surface area contributed by atoms with Gasteiger partial charge in [0.25, 0.3) is 0 Å². The van der Waals surface area contributed by atoms with Gasteiger partial charge in [0, 0.05) is 0 Å². The van der Waals surface area contributed by atoms with Crippen molar-refractivity contribution in [2.24, 2.45) is 5.73 Å². The Hall–Kier alpha value is -1.55. The molecule has 0 radical (unpaired) electrons. The van der Waals surface area contributed by atoms with Gasteiger partial charge in [-0.15, -0.1) is 0 Å². The molecule has 18 heavy (non-hydrogen) atoms. The SMILES string of the molecule is N[C@H](Cc1cccc(OC2CCCC2)c1)C(=O)O. The highest BCUT2D eigenvalue weighted by atomic mass is 16.5. The lowest BCUT2D eigenvalue weighted by Gasteiger charge is -2.14. The van der Waals surface area contributed by atoms with Crippen LogP contribution in [0.3, 0.4) is 0 Å². The molecule has 0 bridgehead atoms. The Bertz CT molecular complexity index is 413. The van der Waals surface area contributed by atoms with Crippen LogP contribution in [0.2, 0.25) is 0 Å². The lowest BCUT2D eigenvalue weighted by molar-refractivity contribution is -0.138. The predicted octanol–water partition coefficient (Wildman–Crippen LogP) is 1.96. The minimum atomic E-state index is -0.975. The second-order valence-electron chi connectivity index (χ2n) is 4.82. The van der Waals surface area contributed by atoms with Crippen molar-refractivity contribution >= 4 is 5.97 Å². The van der Waals surface area contributed by atoms with Gasteiger partial charge in [-0.1, -0.05) is 12.1 Å². The number of ether oxygens (including phenoxy) is 1. The van der Waals surface area contributed by atoms with E-state index in [1.807, 2.05) is 24.3 Å². The fourth-order valence-corrected chi connectivity index (χ4v) is 2.29. The molecule has 3 N–H and O–H groups in total. The van der Waals surface area contributed by atoms with E-state index in [1.54, 1.807) is 0 Å². The maximum atomic E-state index is 10.7. The van der Waals surface area contributed by atoms with Gasteiger partial charge in [0.1, 0.15) is 11.8 Å². The molecule has 1 aliphatic carbocycles. The van der Waals surface area contributed by atoms with E-state index in [9.17, 15) is 4.79 Å². The van der Waals surface area contributed by atoms with Crippen LogP contribution in [0.25, 0.3) is 0 Å². The number of hydrogen-bond acceptors (Lipinski definition) is 3. The molecule has 0 heterocycles. The third-order valence-corrected chi connectivity index (χ3v) is 3.28. The molecule has 1 aromatic rings. The van der Waals surface area contributed by atoms with E-state index in [-0.39, 0.29) is 0 Å². The Kier molecular flexibility index (Phi) is 4.20. The summed E-state index contributed by atoms with van der Waals surface area (Å²) in [6.45, 7) is 0. The summed E-state index contributed by atoms with van der Waals surface area (Å²) in [5.74, 6) is -0.158. The molecule has 4 heteroatoms. The standard InChI is InChI=1S/C14H19NO3/c15-13(14(16)17)9-10-4-3-7-12(8-10)18-11-5-1-2-6-11/h3-4,7-8,11,13H,1-2,5-6,9,15H2,(H,16,17)/t13-/m1/s1. The molecule has 1 saturated carbocycles. The van der Waals surface area contributed by atoms with E-state index >= 15 is 0 Å². The quantitative estimate of drug-likeness (QED) is 0.836. The lowest BCUT2D eigenvalue weighted by Crippen LogP contribution is -2.32. The van der Waals surface area contributed by atoms with E-state index in [2.05, 4.69) is 0 Å². The fraction of sp³-hybridized carbons (Fsp3) is 0.500. The molecule has 98 valence electrons. The molecule has 2 rings (SSSR count). The monoisotopic (exact) mass is 249 g/mol. The molecule has 1 atom stereocenters. The van der Waals surface area contributed by atoms with Crippen molar-refractivity contribution in [2.45, 2.75) is 44.2 Å². The van der Waals surface area contributed by atoms with Crippen molar-refractivity contribution in [1.82, 2.24) is 0 Å². The Balaban J connectivity index is 1.98. The summed E-state index contributed by atoms with van der Waals surface area (Å²) >= 11 is 0. The number of carboxylic acids is 1. The van der Waals surface area contributed by atoms with Crippen LogP contribution >= 0.6 is 0 Å². The first kappa shape index (κ1) is 12.9. The highest BCUT2D eigenvalue weighted by molar-refractivity contribution is 5.73. The third-order valence-electron chi connectivity index (χ3n) is 3.28. The first-order valence-electron chi connectivity index (χ1n) is 6.39. The zero-order valence-electron chi connectivity index (χ0n) is 10.3. The zero-order chi connectivity index (χ0) is 13.0. The van der Waals surface area contributed by atoms with Crippen LogP contribution in [-0.2, 0) is 11.2 Å². The van der Waals surface area contributed by atoms with Gasteiger partial charge in [0.15, 0.2) is 0 Å². The number of hydrogen-bond donors (Lipinski definition) is 2. The summed E-state index contributed by atoms with van der Waals surface area (Å²) in [7, 11) is 0.